The second-order valence-electron chi connectivity index (χ2n) is 20.3. The Kier molecular flexibility index (Phi) is 12.2. The number of halogens is 4. The molecule has 0 aliphatic heterocycles. The fourth-order valence-electron chi connectivity index (χ4n) is 14.2. The van der Waals surface area contributed by atoms with Crippen LogP contribution < -0.4 is 9.47 Å². The Morgan fingerprint density at radius 1 is 0.583 bits per heavy atom. The number of rotatable bonds is 12. The number of carboxylic acids is 2. The van der Waals surface area contributed by atoms with Gasteiger partial charge >= 0.3 is 11.9 Å². The van der Waals surface area contributed by atoms with Crippen molar-refractivity contribution in [3.63, 3.8) is 0 Å². The predicted octanol–water partition coefficient (Wildman–Crippen LogP) is 10.9. The summed E-state index contributed by atoms with van der Waals surface area (Å²) in [5, 5.41) is 18.1. The minimum absolute atomic E-state index is 0.0136. The lowest BCUT2D eigenvalue weighted by Gasteiger charge is -2.56. The van der Waals surface area contributed by atoms with Gasteiger partial charge in [0.05, 0.1) is 77.0 Å². The van der Waals surface area contributed by atoms with Crippen LogP contribution in [-0.2, 0) is 31.2 Å². The molecular weight excluding hydrogens is 854 g/mol. The van der Waals surface area contributed by atoms with Gasteiger partial charge in [-0.15, -0.1) is 0 Å². The first-order valence-corrected chi connectivity index (χ1v) is 25.4. The number of carbonyl (C=O) groups is 2. The van der Waals surface area contributed by atoms with Crippen molar-refractivity contribution in [3.05, 3.63) is 45.9 Å². The summed E-state index contributed by atoms with van der Waals surface area (Å²) >= 11 is 12.8. The average Bonchev–Trinajstić information content (AvgIpc) is 3.89. The van der Waals surface area contributed by atoms with Gasteiger partial charge in [0.1, 0.15) is 23.1 Å². The molecule has 10 aliphatic carbocycles. The van der Waals surface area contributed by atoms with Crippen molar-refractivity contribution in [2.24, 2.45) is 58.2 Å². The van der Waals surface area contributed by atoms with Crippen LogP contribution in [0.25, 0.3) is 0 Å². The predicted molar refractivity (Wildman–Crippen MR) is 225 cm³/mol. The Bertz CT molecular complexity index is 1850. The molecule has 0 heterocycles. The molecule has 10 aliphatic rings. The van der Waals surface area contributed by atoms with Crippen molar-refractivity contribution in [3.8, 4) is 11.5 Å². The maximum Gasteiger partial charge on any atom is 0.307 e. The fourth-order valence-corrected chi connectivity index (χ4v) is 18.3. The maximum absolute atomic E-state index is 14.9. The van der Waals surface area contributed by atoms with Gasteiger partial charge in [0.2, 0.25) is 0 Å². The van der Waals surface area contributed by atoms with Gasteiger partial charge in [-0.25, -0.2) is 8.78 Å². The third-order valence-electron chi connectivity index (χ3n) is 15.9. The van der Waals surface area contributed by atoms with E-state index in [0.29, 0.717) is 63.2 Å². The van der Waals surface area contributed by atoms with Gasteiger partial charge in [-0.05, 0) is 150 Å². The van der Waals surface area contributed by atoms with Crippen LogP contribution >= 0.6 is 23.2 Å². The molecule has 60 heavy (non-hydrogen) atoms. The minimum atomic E-state index is -1.75. The Labute approximate surface area is 366 Å². The first kappa shape index (κ1) is 43.0. The van der Waals surface area contributed by atoms with E-state index in [1.807, 2.05) is 0 Å². The molecule has 0 unspecified atom stereocenters. The van der Waals surface area contributed by atoms with Crippen LogP contribution in [0, 0.1) is 69.8 Å². The highest BCUT2D eigenvalue weighted by atomic mass is 35.5. The van der Waals surface area contributed by atoms with Gasteiger partial charge in [-0.2, -0.15) is 0 Å². The highest BCUT2D eigenvalue weighted by Crippen LogP contribution is 2.61. The van der Waals surface area contributed by atoms with Crippen molar-refractivity contribution in [1.82, 2.24) is 0 Å². The summed E-state index contributed by atoms with van der Waals surface area (Å²) in [7, 11) is -3.50. The third-order valence-corrected chi connectivity index (χ3v) is 20.2. The van der Waals surface area contributed by atoms with Gasteiger partial charge in [0, 0.05) is 23.0 Å². The van der Waals surface area contributed by atoms with Crippen LogP contribution in [-0.4, -0.2) is 54.3 Å². The molecule has 12 rings (SSSR count). The van der Waals surface area contributed by atoms with Crippen molar-refractivity contribution >= 4 is 56.7 Å². The molecule has 0 spiro atoms. The standard InChI is InChI=1S/2C23H28ClFO4S/c2*24-17-7-21(30(28)20-3-1-2-16(20)22(26)27)18(25)8-19(17)29-12-23-9-13-4-14(10-23)6-15(5-13)11-23/h2*7-8,13-16,20H,1-6,9-12H2,(H,26,27)/t13?,14?,15?,16-,20-,23?,30+;13?,14?,15?,16-,20-,23?,30-/m11/s1. The van der Waals surface area contributed by atoms with Gasteiger partial charge in [-0.1, -0.05) is 36.0 Å². The van der Waals surface area contributed by atoms with Gasteiger partial charge in [-0.3, -0.25) is 18.0 Å². The minimum Gasteiger partial charge on any atom is -0.491 e. The number of carboxylic acid groups (broad SMARTS) is 2. The van der Waals surface area contributed by atoms with E-state index < -0.39 is 67.5 Å². The molecule has 328 valence electrons. The summed E-state index contributed by atoms with van der Waals surface area (Å²) in [6.45, 7) is 1.11. The monoisotopic (exact) mass is 908 g/mol. The summed E-state index contributed by atoms with van der Waals surface area (Å²) in [6, 6.07) is 5.22. The molecule has 6 atom stereocenters. The summed E-state index contributed by atoms with van der Waals surface area (Å²) in [6.07, 6.45) is 18.7. The van der Waals surface area contributed by atoms with Crippen LogP contribution in [0.4, 0.5) is 8.78 Å². The van der Waals surface area contributed by atoms with Gasteiger partial charge in [0.15, 0.2) is 0 Å². The number of aliphatic carboxylic acids is 2. The molecule has 2 N–H and O–H groups in total. The molecule has 0 amide bonds. The van der Waals surface area contributed by atoms with E-state index in [9.17, 15) is 37.0 Å². The van der Waals surface area contributed by atoms with Crippen molar-refractivity contribution in [2.45, 2.75) is 136 Å². The fraction of sp³-hybridized carbons (Fsp3) is 0.696. The van der Waals surface area contributed by atoms with Crippen LogP contribution in [0.5, 0.6) is 11.5 Å². The zero-order valence-electron chi connectivity index (χ0n) is 33.9. The molecule has 0 saturated heterocycles. The second-order valence-corrected chi connectivity index (χ2v) is 24.4. The summed E-state index contributed by atoms with van der Waals surface area (Å²) in [4.78, 5) is 22.8. The SMILES string of the molecule is O=C(O)[C@@H]1CCC[C@H]1[S@@](=O)c1cc(Cl)c(OCC23CC4CC(CC(C4)C2)C3)cc1F.O=C(O)[C@@H]1CCC[C@H]1[S@](=O)c1cc(Cl)c(OCC23CC4CC(CC(C4)C2)C3)cc1F. The van der Waals surface area contributed by atoms with E-state index in [1.165, 1.54) is 101 Å². The second kappa shape index (κ2) is 17.0. The normalized spacial score (nSPS) is 38.0. The van der Waals surface area contributed by atoms with Crippen LogP contribution in [0.1, 0.15) is 116 Å². The topological polar surface area (TPSA) is 127 Å². The Morgan fingerprint density at radius 3 is 1.20 bits per heavy atom. The van der Waals surface area contributed by atoms with E-state index in [2.05, 4.69) is 0 Å². The lowest BCUT2D eigenvalue weighted by molar-refractivity contribution is -0.142. The molecule has 10 fully saturated rings. The lowest BCUT2D eigenvalue weighted by atomic mass is 9.50. The molecule has 2 aromatic carbocycles. The lowest BCUT2D eigenvalue weighted by Crippen LogP contribution is -2.48. The summed E-state index contributed by atoms with van der Waals surface area (Å²) in [5.74, 6) is 0.873. The number of hydrogen-bond donors (Lipinski definition) is 2. The first-order chi connectivity index (χ1) is 28.7. The third kappa shape index (κ3) is 8.55. The molecular formula is C46H56Cl2F2O8S2. The number of ether oxygens (including phenoxy) is 2. The Morgan fingerprint density at radius 2 is 0.900 bits per heavy atom. The summed E-state index contributed by atoms with van der Waals surface area (Å²) in [5.41, 5.74) is 0.378. The molecule has 8 nitrogen and oxygen atoms in total. The van der Waals surface area contributed by atoms with E-state index in [1.54, 1.807) is 0 Å². The van der Waals surface area contributed by atoms with E-state index in [4.69, 9.17) is 32.7 Å². The highest BCUT2D eigenvalue weighted by Gasteiger charge is 2.53. The molecule has 0 radical (unpaired) electrons. The van der Waals surface area contributed by atoms with E-state index >= 15 is 0 Å². The largest absolute Gasteiger partial charge is 0.491 e. The molecule has 14 heteroatoms. The Hall–Kier alpha value is -2.28. The first-order valence-electron chi connectivity index (χ1n) is 22.2. The van der Waals surface area contributed by atoms with Gasteiger partial charge < -0.3 is 19.7 Å². The zero-order chi connectivity index (χ0) is 42.1. The van der Waals surface area contributed by atoms with Crippen LogP contribution in [0.15, 0.2) is 34.1 Å². The molecule has 2 aromatic rings. The smallest absolute Gasteiger partial charge is 0.307 e. The highest BCUT2D eigenvalue weighted by molar-refractivity contribution is 7.86. The molecule has 0 aromatic heterocycles. The summed E-state index contributed by atoms with van der Waals surface area (Å²) < 4.78 is 67.7. The van der Waals surface area contributed by atoms with Crippen molar-refractivity contribution < 1.29 is 46.5 Å². The van der Waals surface area contributed by atoms with Gasteiger partial charge in [0.25, 0.3) is 0 Å². The van der Waals surface area contributed by atoms with Crippen LogP contribution in [0.2, 0.25) is 10.0 Å². The van der Waals surface area contributed by atoms with E-state index in [0.717, 1.165) is 35.5 Å². The molecule has 10 saturated carbocycles. The van der Waals surface area contributed by atoms with Crippen molar-refractivity contribution in [1.29, 1.82) is 0 Å². The maximum atomic E-state index is 14.9. The average molecular weight is 910 g/mol. The quantitative estimate of drug-likeness (QED) is 0.216. The number of hydrogen-bond acceptors (Lipinski definition) is 6. The zero-order valence-corrected chi connectivity index (χ0v) is 37.0. The van der Waals surface area contributed by atoms with Crippen molar-refractivity contribution in [2.75, 3.05) is 13.2 Å². The number of benzene rings is 2. The van der Waals surface area contributed by atoms with E-state index in [-0.39, 0.29) is 30.7 Å². The van der Waals surface area contributed by atoms with Crippen LogP contribution in [0.3, 0.4) is 0 Å². The molecule has 8 bridgehead atoms. The Balaban J connectivity index is 0.000000154.